The van der Waals surface area contributed by atoms with Crippen molar-refractivity contribution in [2.24, 2.45) is 0 Å². The summed E-state index contributed by atoms with van der Waals surface area (Å²) in [6.07, 6.45) is 2.63. The van der Waals surface area contributed by atoms with E-state index in [2.05, 4.69) is 35.6 Å². The fourth-order valence-corrected chi connectivity index (χ4v) is 1.67. The predicted molar refractivity (Wildman–Crippen MR) is 68.8 cm³/mol. The third kappa shape index (κ3) is 3.03. The van der Waals surface area contributed by atoms with Crippen molar-refractivity contribution in [1.82, 2.24) is 10.2 Å². The molecule has 4 heteroatoms. The Kier molecular flexibility index (Phi) is 3.55. The first kappa shape index (κ1) is 12.5. The maximum absolute atomic E-state index is 12.9. The van der Waals surface area contributed by atoms with Crippen molar-refractivity contribution in [1.29, 1.82) is 0 Å². The SMILES string of the molecule is CC(C)(CNc1cc[c]nn1)c1ccc(F)cc1. The highest BCUT2D eigenvalue weighted by atomic mass is 19.1. The minimum atomic E-state index is -0.216. The standard InChI is InChI=1S/C14H15FN3/c1-14(2,11-5-7-12(15)8-6-11)10-16-13-4-3-9-17-18-13/h3-8H,10H2,1-2H3,(H,16,18). The molecule has 0 aliphatic rings. The summed E-state index contributed by atoms with van der Waals surface area (Å²) < 4.78 is 12.9. The molecule has 3 nitrogen and oxygen atoms in total. The van der Waals surface area contributed by atoms with E-state index in [1.165, 1.54) is 12.1 Å². The lowest BCUT2D eigenvalue weighted by Crippen LogP contribution is -2.28. The first-order valence-corrected chi connectivity index (χ1v) is 5.78. The molecule has 0 saturated carbocycles. The maximum Gasteiger partial charge on any atom is 0.148 e. The summed E-state index contributed by atoms with van der Waals surface area (Å²) in [4.78, 5) is 0. The molecule has 1 N–H and O–H groups in total. The molecule has 0 atom stereocenters. The van der Waals surface area contributed by atoms with Gasteiger partial charge in [0.2, 0.25) is 0 Å². The Morgan fingerprint density at radius 3 is 2.56 bits per heavy atom. The summed E-state index contributed by atoms with van der Waals surface area (Å²) in [5.41, 5.74) is 0.960. The van der Waals surface area contributed by atoms with E-state index in [4.69, 9.17) is 0 Å². The van der Waals surface area contributed by atoms with Crippen molar-refractivity contribution in [2.45, 2.75) is 19.3 Å². The van der Waals surface area contributed by atoms with Crippen LogP contribution in [0.3, 0.4) is 0 Å². The van der Waals surface area contributed by atoms with Gasteiger partial charge in [-0.05, 0) is 29.8 Å². The maximum atomic E-state index is 12.9. The van der Waals surface area contributed by atoms with Crippen molar-refractivity contribution in [2.75, 3.05) is 11.9 Å². The molecule has 93 valence electrons. The Bertz CT molecular complexity index is 494. The van der Waals surface area contributed by atoms with Crippen molar-refractivity contribution >= 4 is 5.82 Å². The molecule has 0 spiro atoms. The molecule has 0 amide bonds. The molecule has 1 aromatic carbocycles. The number of halogens is 1. The van der Waals surface area contributed by atoms with E-state index in [9.17, 15) is 4.39 Å². The zero-order chi connectivity index (χ0) is 13.0. The number of anilines is 1. The van der Waals surface area contributed by atoms with Gasteiger partial charge in [0.05, 0.1) is 0 Å². The minimum absolute atomic E-state index is 0.116. The van der Waals surface area contributed by atoms with Gasteiger partial charge in [0.25, 0.3) is 0 Å². The van der Waals surface area contributed by atoms with Crippen LogP contribution in [-0.4, -0.2) is 16.7 Å². The molecule has 0 bridgehead atoms. The number of rotatable bonds is 4. The van der Waals surface area contributed by atoms with Gasteiger partial charge in [0.1, 0.15) is 17.8 Å². The summed E-state index contributed by atoms with van der Waals surface area (Å²) in [5.74, 6) is 0.496. The molecule has 0 fully saturated rings. The lowest BCUT2D eigenvalue weighted by molar-refractivity contribution is 0.552. The van der Waals surface area contributed by atoms with E-state index in [0.29, 0.717) is 12.4 Å². The molecule has 0 saturated heterocycles. The highest BCUT2D eigenvalue weighted by molar-refractivity contribution is 5.34. The van der Waals surface area contributed by atoms with E-state index >= 15 is 0 Å². The highest BCUT2D eigenvalue weighted by Gasteiger charge is 2.20. The van der Waals surface area contributed by atoms with Crippen LogP contribution in [0.2, 0.25) is 0 Å². The van der Waals surface area contributed by atoms with Crippen molar-refractivity contribution < 1.29 is 4.39 Å². The fourth-order valence-electron chi connectivity index (χ4n) is 1.67. The van der Waals surface area contributed by atoms with Gasteiger partial charge in [-0.2, -0.15) is 0 Å². The highest BCUT2D eigenvalue weighted by Crippen LogP contribution is 2.23. The van der Waals surface area contributed by atoms with E-state index in [1.54, 1.807) is 6.07 Å². The zero-order valence-electron chi connectivity index (χ0n) is 10.4. The minimum Gasteiger partial charge on any atom is -0.368 e. The lowest BCUT2D eigenvalue weighted by atomic mass is 9.84. The molecular formula is C14H15FN3. The third-order valence-electron chi connectivity index (χ3n) is 2.87. The van der Waals surface area contributed by atoms with E-state index in [0.717, 1.165) is 5.56 Å². The molecule has 0 aliphatic heterocycles. The van der Waals surface area contributed by atoms with E-state index in [-0.39, 0.29) is 11.2 Å². The van der Waals surface area contributed by atoms with Gasteiger partial charge in [0.15, 0.2) is 0 Å². The van der Waals surface area contributed by atoms with E-state index in [1.807, 2.05) is 18.2 Å². The van der Waals surface area contributed by atoms with Crippen molar-refractivity contribution in [3.05, 3.63) is 54.0 Å². The van der Waals surface area contributed by atoms with Crippen LogP contribution in [0.25, 0.3) is 0 Å². The smallest absolute Gasteiger partial charge is 0.148 e. The molecule has 1 radical (unpaired) electrons. The zero-order valence-corrected chi connectivity index (χ0v) is 10.4. The Morgan fingerprint density at radius 2 is 1.94 bits per heavy atom. The molecular weight excluding hydrogens is 229 g/mol. The summed E-state index contributed by atoms with van der Waals surface area (Å²) in [6.45, 7) is 4.88. The van der Waals surface area contributed by atoms with Crippen LogP contribution < -0.4 is 5.32 Å². The number of benzene rings is 1. The molecule has 1 aromatic heterocycles. The fraction of sp³-hybridized carbons (Fsp3) is 0.286. The summed E-state index contributed by atoms with van der Waals surface area (Å²) in [6, 6.07) is 10.1. The van der Waals surface area contributed by atoms with Gasteiger partial charge in [-0.3, -0.25) is 0 Å². The monoisotopic (exact) mass is 244 g/mol. The lowest BCUT2D eigenvalue weighted by Gasteiger charge is -2.25. The van der Waals surface area contributed by atoms with Gasteiger partial charge < -0.3 is 5.32 Å². The number of hydrogen-bond acceptors (Lipinski definition) is 3. The number of hydrogen-bond donors (Lipinski definition) is 1. The predicted octanol–water partition coefficient (Wildman–Crippen LogP) is 2.81. The molecule has 2 aromatic rings. The van der Waals surface area contributed by atoms with Crippen LogP contribution in [0.4, 0.5) is 10.2 Å². The quantitative estimate of drug-likeness (QED) is 0.898. The van der Waals surface area contributed by atoms with Crippen molar-refractivity contribution in [3.63, 3.8) is 0 Å². The second kappa shape index (κ2) is 5.12. The largest absolute Gasteiger partial charge is 0.368 e. The van der Waals surface area contributed by atoms with Crippen LogP contribution >= 0.6 is 0 Å². The Balaban J connectivity index is 2.05. The van der Waals surface area contributed by atoms with Gasteiger partial charge in [-0.1, -0.05) is 26.0 Å². The Hall–Kier alpha value is -1.97. The third-order valence-corrected chi connectivity index (χ3v) is 2.87. The van der Waals surface area contributed by atoms with Crippen LogP contribution in [0.1, 0.15) is 19.4 Å². The molecule has 2 rings (SSSR count). The van der Waals surface area contributed by atoms with Crippen LogP contribution in [0.15, 0.2) is 36.4 Å². The average molecular weight is 244 g/mol. The Morgan fingerprint density at radius 1 is 1.22 bits per heavy atom. The second-order valence-corrected chi connectivity index (χ2v) is 4.79. The number of nitrogens with one attached hydrogen (secondary N) is 1. The number of aromatic nitrogens is 2. The molecule has 18 heavy (non-hydrogen) atoms. The van der Waals surface area contributed by atoms with Crippen molar-refractivity contribution in [3.8, 4) is 0 Å². The van der Waals surface area contributed by atoms with Gasteiger partial charge in [0, 0.05) is 12.0 Å². The summed E-state index contributed by atoms with van der Waals surface area (Å²) in [7, 11) is 0. The van der Waals surface area contributed by atoms with Crippen LogP contribution in [0, 0.1) is 12.0 Å². The normalized spacial score (nSPS) is 11.3. The number of nitrogens with zero attached hydrogens (tertiary/aromatic N) is 2. The first-order valence-electron chi connectivity index (χ1n) is 5.78. The van der Waals surface area contributed by atoms with Gasteiger partial charge in [-0.25, -0.2) is 4.39 Å². The first-order chi connectivity index (χ1) is 8.58. The van der Waals surface area contributed by atoms with Gasteiger partial charge >= 0.3 is 0 Å². The van der Waals surface area contributed by atoms with Crippen LogP contribution in [0.5, 0.6) is 0 Å². The second-order valence-electron chi connectivity index (χ2n) is 4.79. The van der Waals surface area contributed by atoms with E-state index < -0.39 is 0 Å². The topological polar surface area (TPSA) is 37.8 Å². The average Bonchev–Trinajstić information content (AvgIpc) is 2.38. The van der Waals surface area contributed by atoms with Crippen LogP contribution in [-0.2, 0) is 5.41 Å². The molecule has 1 heterocycles. The molecule has 0 unspecified atom stereocenters. The Labute approximate surface area is 106 Å². The van der Waals surface area contributed by atoms with Gasteiger partial charge in [-0.15, -0.1) is 10.2 Å². The summed E-state index contributed by atoms with van der Waals surface area (Å²) in [5, 5.41) is 10.8. The summed E-state index contributed by atoms with van der Waals surface area (Å²) >= 11 is 0. The molecule has 0 aliphatic carbocycles.